The lowest BCUT2D eigenvalue weighted by molar-refractivity contribution is 0.459. The van der Waals surface area contributed by atoms with Crippen LogP contribution in [-0.4, -0.2) is 22.9 Å². The van der Waals surface area contributed by atoms with E-state index in [0.717, 1.165) is 37.8 Å². The van der Waals surface area contributed by atoms with Gasteiger partial charge in [0.25, 0.3) is 0 Å². The molecule has 5 heteroatoms. The van der Waals surface area contributed by atoms with Crippen LogP contribution in [0.4, 0.5) is 8.78 Å². The summed E-state index contributed by atoms with van der Waals surface area (Å²) in [7, 11) is 1.78. The Balaban J connectivity index is 1.57. The van der Waals surface area contributed by atoms with Crippen LogP contribution in [0.25, 0.3) is 11.1 Å². The Kier molecular flexibility index (Phi) is 3.91. The molecule has 3 atom stereocenters. The highest BCUT2D eigenvalue weighted by Gasteiger charge is 2.37. The van der Waals surface area contributed by atoms with Crippen molar-refractivity contribution in [1.82, 2.24) is 15.1 Å². The Morgan fingerprint density at radius 1 is 1.12 bits per heavy atom. The number of hydrogen-bond acceptors (Lipinski definition) is 2. The van der Waals surface area contributed by atoms with Gasteiger partial charge in [-0.2, -0.15) is 5.10 Å². The summed E-state index contributed by atoms with van der Waals surface area (Å²) in [4.78, 5) is 0. The van der Waals surface area contributed by atoms with E-state index in [1.807, 2.05) is 6.92 Å². The molecule has 0 radical (unpaired) electrons. The summed E-state index contributed by atoms with van der Waals surface area (Å²) in [6, 6.07) is 3.46. The molecular formula is C19H23F2N3. The Bertz CT molecular complexity index is 756. The van der Waals surface area contributed by atoms with Crippen molar-refractivity contribution in [3.8, 4) is 11.1 Å². The molecule has 1 aromatic heterocycles. The number of fused-ring (bicyclic) bond motifs is 1. The Morgan fingerprint density at radius 3 is 2.46 bits per heavy atom. The second kappa shape index (κ2) is 5.96. The molecule has 1 unspecified atom stereocenters. The Hall–Kier alpha value is -1.75. The van der Waals surface area contributed by atoms with Crippen molar-refractivity contribution in [2.75, 3.05) is 13.1 Å². The normalized spacial score (nSPS) is 26.1. The summed E-state index contributed by atoms with van der Waals surface area (Å²) in [6.45, 7) is 3.97. The van der Waals surface area contributed by atoms with Gasteiger partial charge >= 0.3 is 0 Å². The van der Waals surface area contributed by atoms with Crippen LogP contribution in [0.2, 0.25) is 0 Å². The standard InChI is InChI=1S/C19H23F2N3/c1-11-17(10-24(2)23-11)16-4-3-13(18(20)19(16)21)5-12-6-14-8-22-9-15(14)7-12/h3-4,10,12,14-15,22H,5-9H2,1-2H3/t12?,14-,15+. The predicted octanol–water partition coefficient (Wildman–Crippen LogP) is 3.46. The minimum absolute atomic E-state index is 0.300. The zero-order chi connectivity index (χ0) is 16.8. The molecule has 2 fully saturated rings. The number of nitrogens with zero attached hydrogens (tertiary/aromatic N) is 2. The van der Waals surface area contributed by atoms with Gasteiger partial charge < -0.3 is 5.32 Å². The third-order valence-corrected chi connectivity index (χ3v) is 5.73. The molecule has 1 saturated heterocycles. The number of nitrogens with one attached hydrogen (secondary N) is 1. The third-order valence-electron chi connectivity index (χ3n) is 5.73. The first-order valence-electron chi connectivity index (χ1n) is 8.71. The van der Waals surface area contributed by atoms with Crippen LogP contribution in [0.15, 0.2) is 18.3 Å². The fourth-order valence-corrected chi connectivity index (χ4v) is 4.59. The first-order valence-corrected chi connectivity index (χ1v) is 8.71. The molecule has 0 spiro atoms. The number of benzene rings is 1. The number of hydrogen-bond donors (Lipinski definition) is 1. The third kappa shape index (κ3) is 2.65. The topological polar surface area (TPSA) is 29.9 Å². The van der Waals surface area contributed by atoms with Crippen LogP contribution in [0.5, 0.6) is 0 Å². The van der Waals surface area contributed by atoms with E-state index in [1.165, 1.54) is 0 Å². The summed E-state index contributed by atoms with van der Waals surface area (Å²) >= 11 is 0. The maximum Gasteiger partial charge on any atom is 0.167 e. The van der Waals surface area contributed by atoms with E-state index in [-0.39, 0.29) is 0 Å². The summed E-state index contributed by atoms with van der Waals surface area (Å²) < 4.78 is 30.9. The maximum absolute atomic E-state index is 14.6. The van der Waals surface area contributed by atoms with E-state index in [2.05, 4.69) is 10.4 Å². The minimum atomic E-state index is -0.747. The SMILES string of the molecule is Cc1nn(C)cc1-c1ccc(CC2C[C@H]3CNC[C@H]3C2)c(F)c1F. The molecule has 1 saturated carbocycles. The van der Waals surface area contributed by atoms with Gasteiger partial charge in [-0.15, -0.1) is 0 Å². The lowest BCUT2D eigenvalue weighted by Crippen LogP contribution is -2.13. The highest BCUT2D eigenvalue weighted by Crippen LogP contribution is 2.40. The average Bonchev–Trinajstić information content (AvgIpc) is 3.19. The van der Waals surface area contributed by atoms with Gasteiger partial charge in [-0.25, -0.2) is 8.78 Å². The first kappa shape index (κ1) is 15.8. The second-order valence-corrected chi connectivity index (χ2v) is 7.42. The van der Waals surface area contributed by atoms with Crippen molar-refractivity contribution in [1.29, 1.82) is 0 Å². The molecule has 1 aliphatic carbocycles. The molecule has 2 aromatic rings. The van der Waals surface area contributed by atoms with E-state index >= 15 is 0 Å². The fourth-order valence-electron chi connectivity index (χ4n) is 4.59. The predicted molar refractivity (Wildman–Crippen MR) is 89.6 cm³/mol. The lowest BCUT2D eigenvalue weighted by atomic mass is 9.94. The Labute approximate surface area is 141 Å². The zero-order valence-electron chi connectivity index (χ0n) is 14.1. The number of halogens is 2. The summed E-state index contributed by atoms with van der Waals surface area (Å²) in [5.41, 5.74) is 2.17. The van der Waals surface area contributed by atoms with Gasteiger partial charge in [-0.05, 0) is 62.6 Å². The maximum atomic E-state index is 14.6. The fraction of sp³-hybridized carbons (Fsp3) is 0.526. The smallest absolute Gasteiger partial charge is 0.167 e. The highest BCUT2D eigenvalue weighted by atomic mass is 19.2. The van der Waals surface area contributed by atoms with Gasteiger partial charge in [0, 0.05) is 24.4 Å². The van der Waals surface area contributed by atoms with Crippen LogP contribution in [0, 0.1) is 36.3 Å². The van der Waals surface area contributed by atoms with E-state index in [0.29, 0.717) is 34.7 Å². The monoisotopic (exact) mass is 331 g/mol. The van der Waals surface area contributed by atoms with Crippen LogP contribution in [0.3, 0.4) is 0 Å². The quantitative estimate of drug-likeness (QED) is 0.933. The van der Waals surface area contributed by atoms with Crippen molar-refractivity contribution in [2.45, 2.75) is 26.2 Å². The molecule has 2 heterocycles. The van der Waals surface area contributed by atoms with Gasteiger partial charge in [0.15, 0.2) is 11.6 Å². The molecule has 2 aliphatic rings. The molecule has 1 N–H and O–H groups in total. The minimum Gasteiger partial charge on any atom is -0.316 e. The van der Waals surface area contributed by atoms with Gasteiger partial charge in [-0.1, -0.05) is 12.1 Å². The molecule has 4 rings (SSSR count). The molecule has 0 amide bonds. The van der Waals surface area contributed by atoms with Crippen LogP contribution >= 0.6 is 0 Å². The molecular weight excluding hydrogens is 308 g/mol. The molecule has 1 aromatic carbocycles. The summed E-state index contributed by atoms with van der Waals surface area (Å²) in [5.74, 6) is 0.483. The average molecular weight is 331 g/mol. The molecule has 24 heavy (non-hydrogen) atoms. The van der Waals surface area contributed by atoms with Crippen LogP contribution in [-0.2, 0) is 13.5 Å². The molecule has 0 bridgehead atoms. The van der Waals surface area contributed by atoms with Crippen molar-refractivity contribution in [3.05, 3.63) is 41.2 Å². The van der Waals surface area contributed by atoms with Gasteiger partial charge in [0.2, 0.25) is 0 Å². The first-order chi connectivity index (χ1) is 11.5. The molecule has 128 valence electrons. The Morgan fingerprint density at radius 2 is 1.83 bits per heavy atom. The van der Waals surface area contributed by atoms with E-state index in [1.54, 1.807) is 30.1 Å². The summed E-state index contributed by atoms with van der Waals surface area (Å²) in [5, 5.41) is 7.64. The second-order valence-electron chi connectivity index (χ2n) is 7.42. The molecule has 1 aliphatic heterocycles. The molecule has 3 nitrogen and oxygen atoms in total. The van der Waals surface area contributed by atoms with Crippen LogP contribution in [0.1, 0.15) is 24.1 Å². The van der Waals surface area contributed by atoms with E-state index < -0.39 is 11.6 Å². The van der Waals surface area contributed by atoms with E-state index in [4.69, 9.17) is 0 Å². The number of aromatic nitrogens is 2. The van der Waals surface area contributed by atoms with Gasteiger partial charge in [-0.3, -0.25) is 4.68 Å². The van der Waals surface area contributed by atoms with Crippen molar-refractivity contribution >= 4 is 0 Å². The summed E-state index contributed by atoms with van der Waals surface area (Å²) in [6.07, 6.45) is 4.63. The van der Waals surface area contributed by atoms with Gasteiger partial charge in [0.1, 0.15) is 0 Å². The zero-order valence-corrected chi connectivity index (χ0v) is 14.1. The van der Waals surface area contributed by atoms with Crippen LogP contribution < -0.4 is 5.32 Å². The lowest BCUT2D eigenvalue weighted by Gasteiger charge is -2.13. The number of aryl methyl sites for hydroxylation is 2. The van der Waals surface area contributed by atoms with Gasteiger partial charge in [0.05, 0.1) is 5.69 Å². The number of rotatable bonds is 3. The van der Waals surface area contributed by atoms with Crippen molar-refractivity contribution < 1.29 is 8.78 Å². The van der Waals surface area contributed by atoms with Crippen molar-refractivity contribution in [2.24, 2.45) is 24.8 Å². The largest absolute Gasteiger partial charge is 0.316 e. The van der Waals surface area contributed by atoms with Crippen molar-refractivity contribution in [3.63, 3.8) is 0 Å². The highest BCUT2D eigenvalue weighted by molar-refractivity contribution is 5.66. The van der Waals surface area contributed by atoms with E-state index in [9.17, 15) is 8.78 Å².